The SMILES string of the molecule is CC1C=Cc2c(c3c(n2-c2cccc(-c4ccc5ccc6c(N(c7ccccc7)c7ccc(C#N)cc7)ccc7ccc4c5c76)c2)C=CCC3C)C1. The third kappa shape index (κ3) is 4.65. The molecule has 0 saturated carbocycles. The van der Waals surface area contributed by atoms with E-state index in [4.69, 9.17) is 0 Å². The predicted octanol–water partition coefficient (Wildman–Crippen LogP) is 13.1. The number of nitrogens with zero attached hydrogens (tertiary/aromatic N) is 3. The lowest BCUT2D eigenvalue weighted by atomic mass is 9.84. The van der Waals surface area contributed by atoms with E-state index >= 15 is 0 Å². The predicted molar refractivity (Wildman–Crippen MR) is 218 cm³/mol. The van der Waals surface area contributed by atoms with Crippen LogP contribution in [0.15, 0.2) is 140 Å². The number of benzene rings is 7. The summed E-state index contributed by atoms with van der Waals surface area (Å²) in [4.78, 5) is 2.31. The van der Waals surface area contributed by atoms with Crippen LogP contribution in [-0.4, -0.2) is 4.57 Å². The monoisotopic (exact) mass is 667 g/mol. The molecule has 248 valence electrons. The van der Waals surface area contributed by atoms with Crippen molar-refractivity contribution in [3.63, 3.8) is 0 Å². The molecule has 2 unspecified atom stereocenters. The van der Waals surface area contributed by atoms with Crippen LogP contribution in [0.2, 0.25) is 0 Å². The third-order valence-corrected chi connectivity index (χ3v) is 11.3. The van der Waals surface area contributed by atoms with Crippen LogP contribution in [-0.2, 0) is 6.42 Å². The van der Waals surface area contributed by atoms with Gasteiger partial charge in [-0.3, -0.25) is 0 Å². The molecule has 10 rings (SSSR count). The highest BCUT2D eigenvalue weighted by atomic mass is 15.1. The molecular weight excluding hydrogens is 631 g/mol. The van der Waals surface area contributed by atoms with Crippen LogP contribution < -0.4 is 4.90 Å². The van der Waals surface area contributed by atoms with Crippen molar-refractivity contribution in [1.82, 2.24) is 4.57 Å². The van der Waals surface area contributed by atoms with Crippen LogP contribution in [0.1, 0.15) is 54.3 Å². The van der Waals surface area contributed by atoms with Crippen LogP contribution in [0.25, 0.3) is 61.3 Å². The van der Waals surface area contributed by atoms with E-state index in [0.29, 0.717) is 17.4 Å². The zero-order chi connectivity index (χ0) is 34.9. The Morgan fingerprint density at radius 2 is 1.42 bits per heavy atom. The second-order valence-corrected chi connectivity index (χ2v) is 14.6. The number of rotatable bonds is 5. The van der Waals surface area contributed by atoms with E-state index in [1.165, 1.54) is 71.6 Å². The second-order valence-electron chi connectivity index (χ2n) is 14.6. The van der Waals surface area contributed by atoms with Crippen molar-refractivity contribution in [2.24, 2.45) is 5.92 Å². The summed E-state index contributed by atoms with van der Waals surface area (Å²) >= 11 is 0. The Bertz CT molecular complexity index is 2770. The van der Waals surface area contributed by atoms with Gasteiger partial charge in [0, 0.05) is 33.8 Å². The van der Waals surface area contributed by atoms with Crippen LogP contribution in [0.4, 0.5) is 17.1 Å². The molecule has 2 aliphatic rings. The van der Waals surface area contributed by atoms with Crippen LogP contribution in [0.5, 0.6) is 0 Å². The van der Waals surface area contributed by atoms with Gasteiger partial charge in [-0.15, -0.1) is 0 Å². The summed E-state index contributed by atoms with van der Waals surface area (Å²) in [6.45, 7) is 4.71. The summed E-state index contributed by atoms with van der Waals surface area (Å²) < 4.78 is 2.51. The maximum absolute atomic E-state index is 9.51. The standard InChI is InChI=1S/C49H37N3/c1-31-14-26-45-43(28-31)47-32(2)8-6-13-46(47)52(45)39-12-7-9-36(29-39)40-23-17-34-19-25-42-44(27-20-35-18-24-41(40)48(34)49(35)42)51(37-10-4-3-5-11-37)38-21-15-33(30-50)16-22-38/h3-7,9-27,29,31-32H,8,28H2,1-2H3. The first-order chi connectivity index (χ1) is 25.6. The molecule has 0 N–H and O–H groups in total. The van der Waals surface area contributed by atoms with Gasteiger partial charge < -0.3 is 9.47 Å². The smallest absolute Gasteiger partial charge is 0.0991 e. The minimum Gasteiger partial charge on any atom is -0.310 e. The van der Waals surface area contributed by atoms with Crippen molar-refractivity contribution in [2.75, 3.05) is 4.90 Å². The molecule has 7 aromatic carbocycles. The van der Waals surface area contributed by atoms with Gasteiger partial charge in [0.2, 0.25) is 0 Å². The Hall–Kier alpha value is -6.37. The van der Waals surface area contributed by atoms with Crippen LogP contribution in [0.3, 0.4) is 0 Å². The number of allylic oxidation sites excluding steroid dienone is 2. The summed E-state index contributed by atoms with van der Waals surface area (Å²) in [5, 5.41) is 17.0. The lowest BCUT2D eigenvalue weighted by molar-refractivity contribution is 0.691. The molecule has 0 saturated heterocycles. The summed E-state index contributed by atoms with van der Waals surface area (Å²) in [5.74, 6) is 1.08. The topological polar surface area (TPSA) is 32.0 Å². The first-order valence-electron chi connectivity index (χ1n) is 18.4. The molecular formula is C49H37N3. The third-order valence-electron chi connectivity index (χ3n) is 11.3. The molecule has 0 spiro atoms. The fourth-order valence-electron chi connectivity index (χ4n) is 8.94. The summed E-state index contributed by atoms with van der Waals surface area (Å²) in [6, 6.07) is 48.0. The van der Waals surface area contributed by atoms with Crippen molar-refractivity contribution in [2.45, 2.75) is 32.6 Å². The highest BCUT2D eigenvalue weighted by Crippen LogP contribution is 2.46. The molecule has 0 fully saturated rings. The average Bonchev–Trinajstić information content (AvgIpc) is 3.52. The van der Waals surface area contributed by atoms with Crippen molar-refractivity contribution in [3.8, 4) is 22.9 Å². The van der Waals surface area contributed by atoms with E-state index in [2.05, 4.69) is 157 Å². The normalized spacial score (nSPS) is 16.3. The van der Waals surface area contributed by atoms with Crippen LogP contribution in [0, 0.1) is 17.2 Å². The second kappa shape index (κ2) is 11.9. The number of anilines is 3. The first-order valence-corrected chi connectivity index (χ1v) is 18.4. The molecule has 0 bridgehead atoms. The zero-order valence-electron chi connectivity index (χ0n) is 29.3. The maximum Gasteiger partial charge on any atom is 0.0991 e. The van der Waals surface area contributed by atoms with Gasteiger partial charge in [0.15, 0.2) is 0 Å². The quantitative estimate of drug-likeness (QED) is 0.171. The molecule has 52 heavy (non-hydrogen) atoms. The Kier molecular flexibility index (Phi) is 6.95. The summed E-state index contributed by atoms with van der Waals surface area (Å²) in [5.41, 5.74) is 13.2. The van der Waals surface area contributed by atoms with Gasteiger partial charge in [-0.25, -0.2) is 0 Å². The van der Waals surface area contributed by atoms with E-state index < -0.39 is 0 Å². The number of hydrogen-bond donors (Lipinski definition) is 0. The van der Waals surface area contributed by atoms with Gasteiger partial charge in [0.25, 0.3) is 0 Å². The molecule has 3 heteroatoms. The largest absolute Gasteiger partial charge is 0.310 e. The molecule has 1 aromatic heterocycles. The van der Waals surface area contributed by atoms with E-state index in [0.717, 1.165) is 29.9 Å². The molecule has 2 atom stereocenters. The minimum atomic E-state index is 0.522. The Morgan fingerprint density at radius 1 is 0.692 bits per heavy atom. The number of fused-ring (bicyclic) bond motifs is 3. The molecule has 0 amide bonds. The van der Waals surface area contributed by atoms with E-state index in [9.17, 15) is 5.26 Å². The molecule has 2 aliphatic carbocycles. The van der Waals surface area contributed by atoms with Crippen molar-refractivity contribution in [3.05, 3.63) is 168 Å². The molecule has 0 radical (unpaired) electrons. The number of hydrogen-bond acceptors (Lipinski definition) is 2. The van der Waals surface area contributed by atoms with E-state index in [-0.39, 0.29) is 0 Å². The number of aromatic nitrogens is 1. The van der Waals surface area contributed by atoms with Gasteiger partial charge in [-0.2, -0.15) is 5.26 Å². The van der Waals surface area contributed by atoms with Gasteiger partial charge in [-0.05, 0) is 141 Å². The van der Waals surface area contributed by atoms with Crippen molar-refractivity contribution < 1.29 is 0 Å². The number of para-hydroxylation sites is 1. The van der Waals surface area contributed by atoms with Crippen molar-refractivity contribution in [1.29, 1.82) is 5.26 Å². The molecule has 1 heterocycles. The molecule has 8 aromatic rings. The fourth-order valence-corrected chi connectivity index (χ4v) is 8.94. The molecule has 3 nitrogen and oxygen atoms in total. The summed E-state index contributed by atoms with van der Waals surface area (Å²) in [6.07, 6.45) is 11.6. The van der Waals surface area contributed by atoms with Gasteiger partial charge in [0.1, 0.15) is 0 Å². The highest BCUT2D eigenvalue weighted by molar-refractivity contribution is 6.27. The fraction of sp³-hybridized carbons (Fsp3) is 0.122. The average molecular weight is 668 g/mol. The minimum absolute atomic E-state index is 0.522. The lowest BCUT2D eigenvalue weighted by Gasteiger charge is -2.28. The number of nitriles is 1. The first kappa shape index (κ1) is 30.5. The van der Waals surface area contributed by atoms with Gasteiger partial charge >= 0.3 is 0 Å². The lowest BCUT2D eigenvalue weighted by Crippen LogP contribution is -2.10. The Morgan fingerprint density at radius 3 is 2.23 bits per heavy atom. The zero-order valence-corrected chi connectivity index (χ0v) is 29.3. The van der Waals surface area contributed by atoms with Crippen LogP contribution >= 0.6 is 0 Å². The van der Waals surface area contributed by atoms with E-state index in [1.807, 2.05) is 24.3 Å². The highest BCUT2D eigenvalue weighted by Gasteiger charge is 2.29. The van der Waals surface area contributed by atoms with Gasteiger partial charge in [0.05, 0.1) is 17.3 Å². The summed E-state index contributed by atoms with van der Waals surface area (Å²) in [7, 11) is 0. The Balaban J connectivity index is 1.16. The Labute approximate surface area is 304 Å². The maximum atomic E-state index is 9.51. The molecule has 0 aliphatic heterocycles. The van der Waals surface area contributed by atoms with Gasteiger partial charge in [-0.1, -0.05) is 98.8 Å². The van der Waals surface area contributed by atoms with Crippen molar-refractivity contribution >= 4 is 61.5 Å². The van der Waals surface area contributed by atoms with E-state index in [1.54, 1.807) is 0 Å².